The van der Waals surface area contributed by atoms with Crippen LogP contribution in [-0.2, 0) is 21.9 Å². The third kappa shape index (κ3) is 8.06. The molecule has 0 spiro atoms. The standard InChI is InChI=1S/C24H30Cl2N2O2S/c1-4-12-27-24(30)22(5-2)28(14-18-8-6-17(3)7-9-18)23(29)16-31-15-19-10-11-20(25)21(26)13-19/h6-11,13,22H,4-5,12,14-16H2,1-3H3,(H,27,30). The molecule has 0 bridgehead atoms. The molecule has 0 saturated carbocycles. The molecule has 0 aliphatic carbocycles. The van der Waals surface area contributed by atoms with Gasteiger partial charge in [0.2, 0.25) is 11.8 Å². The Balaban J connectivity index is 2.10. The topological polar surface area (TPSA) is 49.4 Å². The summed E-state index contributed by atoms with van der Waals surface area (Å²) in [5.74, 6) is 0.771. The van der Waals surface area contributed by atoms with Crippen LogP contribution in [0, 0.1) is 6.92 Å². The van der Waals surface area contributed by atoms with Crippen LogP contribution < -0.4 is 5.32 Å². The Bertz CT molecular complexity index is 874. The second-order valence-electron chi connectivity index (χ2n) is 7.46. The van der Waals surface area contributed by atoms with Crippen LogP contribution in [0.4, 0.5) is 0 Å². The largest absolute Gasteiger partial charge is 0.354 e. The molecule has 2 aromatic rings. The van der Waals surface area contributed by atoms with E-state index in [1.165, 1.54) is 11.8 Å². The van der Waals surface area contributed by atoms with E-state index in [2.05, 4.69) is 5.32 Å². The van der Waals surface area contributed by atoms with Crippen molar-refractivity contribution in [3.05, 3.63) is 69.2 Å². The average Bonchev–Trinajstić information content (AvgIpc) is 2.75. The van der Waals surface area contributed by atoms with Crippen LogP contribution in [0.1, 0.15) is 43.4 Å². The molecular weight excluding hydrogens is 451 g/mol. The summed E-state index contributed by atoms with van der Waals surface area (Å²) in [4.78, 5) is 27.6. The van der Waals surface area contributed by atoms with Crippen LogP contribution in [0.15, 0.2) is 42.5 Å². The fourth-order valence-corrected chi connectivity index (χ4v) is 4.32. The quantitative estimate of drug-likeness (QED) is 0.437. The SMILES string of the molecule is CCCNC(=O)C(CC)N(Cc1ccc(C)cc1)C(=O)CSCc1ccc(Cl)c(Cl)c1. The predicted octanol–water partition coefficient (Wildman–Crippen LogP) is 5.87. The summed E-state index contributed by atoms with van der Waals surface area (Å²) in [7, 11) is 0. The van der Waals surface area contributed by atoms with Gasteiger partial charge in [0.15, 0.2) is 0 Å². The molecule has 168 valence electrons. The van der Waals surface area contributed by atoms with Crippen molar-refractivity contribution >= 4 is 46.8 Å². The highest BCUT2D eigenvalue weighted by molar-refractivity contribution is 7.99. The van der Waals surface area contributed by atoms with E-state index in [1.54, 1.807) is 11.0 Å². The number of hydrogen-bond acceptors (Lipinski definition) is 3. The Hall–Kier alpha value is -1.69. The first-order chi connectivity index (χ1) is 14.8. The molecule has 0 heterocycles. The molecule has 2 aromatic carbocycles. The lowest BCUT2D eigenvalue weighted by molar-refractivity contribution is -0.139. The van der Waals surface area contributed by atoms with Crippen molar-refractivity contribution in [1.82, 2.24) is 10.2 Å². The highest BCUT2D eigenvalue weighted by Gasteiger charge is 2.28. The molecule has 0 radical (unpaired) electrons. The Morgan fingerprint density at radius 1 is 1.03 bits per heavy atom. The summed E-state index contributed by atoms with van der Waals surface area (Å²) >= 11 is 13.6. The number of thioether (sulfide) groups is 1. The lowest BCUT2D eigenvalue weighted by Gasteiger charge is -2.30. The minimum Gasteiger partial charge on any atom is -0.354 e. The molecule has 0 saturated heterocycles. The van der Waals surface area contributed by atoms with Gasteiger partial charge in [-0.25, -0.2) is 0 Å². The number of benzene rings is 2. The highest BCUT2D eigenvalue weighted by Crippen LogP contribution is 2.25. The van der Waals surface area contributed by atoms with E-state index < -0.39 is 6.04 Å². The van der Waals surface area contributed by atoms with E-state index in [9.17, 15) is 9.59 Å². The van der Waals surface area contributed by atoms with Crippen LogP contribution in [0.3, 0.4) is 0 Å². The van der Waals surface area contributed by atoms with Gasteiger partial charge in [-0.1, -0.05) is 72.9 Å². The maximum absolute atomic E-state index is 13.2. The van der Waals surface area contributed by atoms with Gasteiger partial charge in [0.1, 0.15) is 6.04 Å². The zero-order valence-corrected chi connectivity index (χ0v) is 20.6. The maximum Gasteiger partial charge on any atom is 0.242 e. The van der Waals surface area contributed by atoms with Crippen molar-refractivity contribution < 1.29 is 9.59 Å². The second kappa shape index (κ2) is 13.0. The fraction of sp³-hybridized carbons (Fsp3) is 0.417. The Morgan fingerprint density at radius 3 is 2.32 bits per heavy atom. The number of nitrogens with one attached hydrogen (secondary N) is 1. The molecule has 0 fully saturated rings. The summed E-state index contributed by atoms with van der Waals surface area (Å²) in [6.45, 7) is 6.99. The van der Waals surface area contributed by atoms with Gasteiger partial charge in [0, 0.05) is 18.8 Å². The van der Waals surface area contributed by atoms with Crippen molar-refractivity contribution in [2.24, 2.45) is 0 Å². The maximum atomic E-state index is 13.2. The second-order valence-corrected chi connectivity index (χ2v) is 9.26. The molecule has 1 unspecified atom stereocenters. The van der Waals surface area contributed by atoms with E-state index in [-0.39, 0.29) is 17.6 Å². The van der Waals surface area contributed by atoms with Gasteiger partial charge in [0.25, 0.3) is 0 Å². The van der Waals surface area contributed by atoms with E-state index in [0.717, 1.165) is 23.1 Å². The number of hydrogen-bond donors (Lipinski definition) is 1. The van der Waals surface area contributed by atoms with E-state index in [0.29, 0.717) is 35.3 Å². The number of rotatable bonds is 11. The van der Waals surface area contributed by atoms with E-state index in [4.69, 9.17) is 23.2 Å². The van der Waals surface area contributed by atoms with Crippen molar-refractivity contribution in [3.63, 3.8) is 0 Å². The molecule has 2 amide bonds. The van der Waals surface area contributed by atoms with E-state index in [1.807, 2.05) is 57.2 Å². The summed E-state index contributed by atoms with van der Waals surface area (Å²) in [6.07, 6.45) is 1.41. The van der Waals surface area contributed by atoms with Gasteiger partial charge in [-0.05, 0) is 43.0 Å². The number of aryl methyl sites for hydroxylation is 1. The lowest BCUT2D eigenvalue weighted by atomic mass is 10.1. The van der Waals surface area contributed by atoms with Gasteiger partial charge in [0.05, 0.1) is 15.8 Å². The number of carbonyl (C=O) groups excluding carboxylic acids is 2. The van der Waals surface area contributed by atoms with Gasteiger partial charge in [-0.3, -0.25) is 9.59 Å². The number of amides is 2. The number of carbonyl (C=O) groups is 2. The molecule has 1 N–H and O–H groups in total. The zero-order chi connectivity index (χ0) is 22.8. The van der Waals surface area contributed by atoms with Crippen LogP contribution in [0.25, 0.3) is 0 Å². The van der Waals surface area contributed by atoms with E-state index >= 15 is 0 Å². The van der Waals surface area contributed by atoms with Crippen molar-refractivity contribution in [2.75, 3.05) is 12.3 Å². The smallest absolute Gasteiger partial charge is 0.242 e. The molecule has 0 aliphatic heterocycles. The number of halogens is 2. The first-order valence-electron chi connectivity index (χ1n) is 10.5. The fourth-order valence-electron chi connectivity index (χ4n) is 3.14. The lowest BCUT2D eigenvalue weighted by Crippen LogP contribution is -2.49. The summed E-state index contributed by atoms with van der Waals surface area (Å²) < 4.78 is 0. The monoisotopic (exact) mass is 480 g/mol. The zero-order valence-electron chi connectivity index (χ0n) is 18.3. The highest BCUT2D eigenvalue weighted by atomic mass is 35.5. The summed E-state index contributed by atoms with van der Waals surface area (Å²) in [5.41, 5.74) is 3.17. The van der Waals surface area contributed by atoms with Crippen molar-refractivity contribution in [1.29, 1.82) is 0 Å². The first kappa shape index (κ1) is 25.6. The van der Waals surface area contributed by atoms with Crippen LogP contribution in [0.5, 0.6) is 0 Å². The summed E-state index contributed by atoms with van der Waals surface area (Å²) in [5, 5.41) is 3.96. The molecule has 31 heavy (non-hydrogen) atoms. The van der Waals surface area contributed by atoms with Crippen molar-refractivity contribution in [3.8, 4) is 0 Å². The molecule has 7 heteroatoms. The molecule has 2 rings (SSSR count). The van der Waals surface area contributed by atoms with Gasteiger partial charge >= 0.3 is 0 Å². The van der Waals surface area contributed by atoms with Gasteiger partial charge < -0.3 is 10.2 Å². The van der Waals surface area contributed by atoms with Crippen LogP contribution >= 0.6 is 35.0 Å². The molecular formula is C24H30Cl2N2O2S. The number of nitrogens with zero attached hydrogens (tertiary/aromatic N) is 1. The first-order valence-corrected chi connectivity index (χ1v) is 12.4. The van der Waals surface area contributed by atoms with Crippen LogP contribution in [-0.4, -0.2) is 35.1 Å². The Kier molecular flexibility index (Phi) is 10.7. The molecule has 4 nitrogen and oxygen atoms in total. The normalized spacial score (nSPS) is 11.8. The molecule has 0 aromatic heterocycles. The third-order valence-electron chi connectivity index (χ3n) is 4.89. The summed E-state index contributed by atoms with van der Waals surface area (Å²) in [6, 6.07) is 13.1. The third-order valence-corrected chi connectivity index (χ3v) is 6.61. The minimum atomic E-state index is -0.495. The van der Waals surface area contributed by atoms with Gasteiger partial charge in [-0.2, -0.15) is 0 Å². The van der Waals surface area contributed by atoms with Crippen molar-refractivity contribution in [2.45, 2.75) is 52.0 Å². The average molecular weight is 481 g/mol. The Morgan fingerprint density at radius 2 is 1.71 bits per heavy atom. The molecule has 0 aliphatic rings. The predicted molar refractivity (Wildman–Crippen MR) is 132 cm³/mol. The van der Waals surface area contributed by atoms with Gasteiger partial charge in [-0.15, -0.1) is 11.8 Å². The Labute approximate surface area is 199 Å². The van der Waals surface area contributed by atoms with Crippen LogP contribution in [0.2, 0.25) is 10.0 Å². The molecule has 1 atom stereocenters. The minimum absolute atomic E-state index is 0.0517.